The normalized spacial score (nSPS) is 17.0. The van der Waals surface area contributed by atoms with Gasteiger partial charge in [-0.2, -0.15) is 0 Å². The molecule has 0 spiro atoms. The van der Waals surface area contributed by atoms with Gasteiger partial charge in [0.25, 0.3) is 0 Å². The number of rotatable bonds is 3. The summed E-state index contributed by atoms with van der Waals surface area (Å²) < 4.78 is 0. The van der Waals surface area contributed by atoms with Crippen LogP contribution in [0.4, 0.5) is 0 Å². The van der Waals surface area contributed by atoms with Crippen molar-refractivity contribution in [2.24, 2.45) is 10.9 Å². The number of nitrogens with zero attached hydrogens (tertiary/aromatic N) is 1. The van der Waals surface area contributed by atoms with Crippen molar-refractivity contribution in [1.82, 2.24) is 10.6 Å². The van der Waals surface area contributed by atoms with Crippen LogP contribution in [-0.2, 0) is 9.59 Å². The van der Waals surface area contributed by atoms with Gasteiger partial charge in [-0.25, -0.2) is 4.99 Å². The van der Waals surface area contributed by atoms with Crippen LogP contribution in [0.25, 0.3) is 0 Å². The fourth-order valence-electron chi connectivity index (χ4n) is 1.56. The minimum Gasteiger partial charge on any atom is -0.288 e. The Balaban J connectivity index is 2.22. The molecule has 6 heteroatoms. The van der Waals surface area contributed by atoms with Gasteiger partial charge in [0, 0.05) is 4.88 Å². The monoisotopic (exact) mass is 251 g/mol. The third kappa shape index (κ3) is 2.52. The Morgan fingerprint density at radius 1 is 1.24 bits per heavy atom. The van der Waals surface area contributed by atoms with E-state index < -0.39 is 11.8 Å². The average molecular weight is 251 g/mol. The van der Waals surface area contributed by atoms with Crippen LogP contribution in [0.3, 0.4) is 0 Å². The number of carbonyl (C=O) groups is 2. The molecule has 5 nitrogen and oxygen atoms in total. The first-order chi connectivity index (χ1) is 8.08. The Labute approximate surface area is 103 Å². The molecule has 1 unspecified atom stereocenters. The van der Waals surface area contributed by atoms with Crippen LogP contribution in [-0.4, -0.2) is 17.8 Å². The summed E-state index contributed by atoms with van der Waals surface area (Å²) in [7, 11) is 0. The molecular formula is C11H13N3O2S. The summed E-state index contributed by atoms with van der Waals surface area (Å²) in [5.41, 5.74) is 0. The number of amides is 2. The van der Waals surface area contributed by atoms with Crippen molar-refractivity contribution >= 4 is 29.1 Å². The molecule has 90 valence electrons. The van der Waals surface area contributed by atoms with Crippen LogP contribution < -0.4 is 10.6 Å². The topological polar surface area (TPSA) is 70.6 Å². The number of nitrogens with one attached hydrogen (secondary N) is 2. The van der Waals surface area contributed by atoms with Crippen molar-refractivity contribution in [2.45, 2.75) is 19.9 Å². The van der Waals surface area contributed by atoms with E-state index >= 15 is 0 Å². The molecular weight excluding hydrogens is 238 g/mol. The molecule has 2 heterocycles. The van der Waals surface area contributed by atoms with Gasteiger partial charge >= 0.3 is 11.8 Å². The lowest BCUT2D eigenvalue weighted by Crippen LogP contribution is -2.27. The third-order valence-electron chi connectivity index (χ3n) is 2.40. The second kappa shape index (κ2) is 4.67. The van der Waals surface area contributed by atoms with E-state index in [1.54, 1.807) is 11.3 Å². The van der Waals surface area contributed by atoms with E-state index in [1.165, 1.54) is 0 Å². The van der Waals surface area contributed by atoms with Crippen molar-refractivity contribution in [3.8, 4) is 0 Å². The van der Waals surface area contributed by atoms with E-state index in [1.807, 2.05) is 31.4 Å². The van der Waals surface area contributed by atoms with Crippen molar-refractivity contribution in [3.05, 3.63) is 22.4 Å². The highest BCUT2D eigenvalue weighted by atomic mass is 32.1. The number of guanidine groups is 1. The standard InChI is InChI=1S/C11H13N3O2S/c1-6(2)8(7-4-3-5-17-7)12-11-13-9(15)10(16)14-11/h3-6,8H,1-2H3,(H2,12,13,14,15,16). The quantitative estimate of drug-likeness (QED) is 0.788. The molecule has 0 aliphatic carbocycles. The summed E-state index contributed by atoms with van der Waals surface area (Å²) in [6, 6.07) is 3.91. The fourth-order valence-corrected chi connectivity index (χ4v) is 2.50. The summed E-state index contributed by atoms with van der Waals surface area (Å²) in [5, 5.41) is 6.79. The molecule has 17 heavy (non-hydrogen) atoms. The second-order valence-electron chi connectivity index (χ2n) is 4.09. The Hall–Kier alpha value is -1.69. The fraction of sp³-hybridized carbons (Fsp3) is 0.364. The molecule has 2 N–H and O–H groups in total. The van der Waals surface area contributed by atoms with E-state index in [2.05, 4.69) is 15.6 Å². The van der Waals surface area contributed by atoms with Gasteiger partial charge in [-0.15, -0.1) is 11.3 Å². The zero-order valence-corrected chi connectivity index (χ0v) is 10.4. The highest BCUT2D eigenvalue weighted by molar-refractivity contribution is 7.10. The number of aliphatic imine (C=N–C) groups is 1. The molecule has 1 fully saturated rings. The smallest absolute Gasteiger partial charge is 0.288 e. The van der Waals surface area contributed by atoms with Crippen LogP contribution in [0.2, 0.25) is 0 Å². The van der Waals surface area contributed by atoms with Gasteiger partial charge in [0.2, 0.25) is 5.96 Å². The molecule has 1 saturated heterocycles. The first kappa shape index (κ1) is 11.8. The molecule has 1 atom stereocenters. The molecule has 2 amide bonds. The Morgan fingerprint density at radius 3 is 2.35 bits per heavy atom. The summed E-state index contributed by atoms with van der Waals surface area (Å²) >= 11 is 1.61. The lowest BCUT2D eigenvalue weighted by Gasteiger charge is -2.15. The highest BCUT2D eigenvalue weighted by Gasteiger charge is 2.27. The predicted octanol–water partition coefficient (Wildman–Crippen LogP) is 1.05. The largest absolute Gasteiger partial charge is 0.316 e. The summed E-state index contributed by atoms with van der Waals surface area (Å²) in [6.45, 7) is 4.10. The molecule has 0 bridgehead atoms. The SMILES string of the molecule is CC(C)C(N=C1NC(=O)C(=O)N1)c1cccs1. The van der Waals surface area contributed by atoms with E-state index in [0.717, 1.165) is 4.88 Å². The van der Waals surface area contributed by atoms with Crippen LogP contribution >= 0.6 is 11.3 Å². The molecule has 1 aliphatic rings. The van der Waals surface area contributed by atoms with E-state index in [-0.39, 0.29) is 17.9 Å². The van der Waals surface area contributed by atoms with Crippen molar-refractivity contribution in [2.75, 3.05) is 0 Å². The third-order valence-corrected chi connectivity index (χ3v) is 3.35. The minimum absolute atomic E-state index is 0.0521. The number of thiophene rings is 1. The van der Waals surface area contributed by atoms with Gasteiger partial charge in [0.05, 0.1) is 6.04 Å². The molecule has 0 aromatic carbocycles. The Bertz CT molecular complexity index is 447. The lowest BCUT2D eigenvalue weighted by molar-refractivity contribution is -0.135. The first-order valence-electron chi connectivity index (χ1n) is 5.31. The molecule has 0 radical (unpaired) electrons. The molecule has 1 aromatic heterocycles. The van der Waals surface area contributed by atoms with Crippen LogP contribution in [0.1, 0.15) is 24.8 Å². The van der Waals surface area contributed by atoms with Crippen LogP contribution in [0.5, 0.6) is 0 Å². The van der Waals surface area contributed by atoms with Crippen LogP contribution in [0, 0.1) is 5.92 Å². The van der Waals surface area contributed by atoms with Crippen molar-refractivity contribution in [3.63, 3.8) is 0 Å². The Kier molecular flexibility index (Phi) is 3.23. The molecule has 0 saturated carbocycles. The number of carbonyl (C=O) groups excluding carboxylic acids is 2. The number of hydrogen-bond acceptors (Lipinski definition) is 4. The van der Waals surface area contributed by atoms with Gasteiger partial charge < -0.3 is 0 Å². The van der Waals surface area contributed by atoms with E-state index in [0.29, 0.717) is 0 Å². The predicted molar refractivity (Wildman–Crippen MR) is 65.6 cm³/mol. The zero-order chi connectivity index (χ0) is 12.4. The van der Waals surface area contributed by atoms with E-state index in [9.17, 15) is 9.59 Å². The Morgan fingerprint density at radius 2 is 1.88 bits per heavy atom. The minimum atomic E-state index is -0.655. The van der Waals surface area contributed by atoms with Gasteiger partial charge in [0.1, 0.15) is 0 Å². The highest BCUT2D eigenvalue weighted by Crippen LogP contribution is 2.29. The number of hydrogen-bond donors (Lipinski definition) is 2. The summed E-state index contributed by atoms with van der Waals surface area (Å²) in [5.74, 6) is -0.780. The van der Waals surface area contributed by atoms with Gasteiger partial charge in [-0.1, -0.05) is 19.9 Å². The summed E-state index contributed by atoms with van der Waals surface area (Å²) in [6.07, 6.45) is 0. The van der Waals surface area contributed by atoms with Crippen LogP contribution in [0.15, 0.2) is 22.5 Å². The lowest BCUT2D eigenvalue weighted by atomic mass is 10.0. The van der Waals surface area contributed by atoms with Crippen molar-refractivity contribution in [1.29, 1.82) is 0 Å². The maximum absolute atomic E-state index is 11.0. The second-order valence-corrected chi connectivity index (χ2v) is 5.07. The molecule has 2 rings (SSSR count). The van der Waals surface area contributed by atoms with Gasteiger partial charge in [-0.3, -0.25) is 20.2 Å². The molecule has 1 aromatic rings. The van der Waals surface area contributed by atoms with Gasteiger partial charge in [0.15, 0.2) is 0 Å². The first-order valence-corrected chi connectivity index (χ1v) is 6.19. The maximum atomic E-state index is 11.0. The van der Waals surface area contributed by atoms with Crippen molar-refractivity contribution < 1.29 is 9.59 Å². The zero-order valence-electron chi connectivity index (χ0n) is 9.56. The maximum Gasteiger partial charge on any atom is 0.316 e. The average Bonchev–Trinajstić information content (AvgIpc) is 2.86. The van der Waals surface area contributed by atoms with Gasteiger partial charge in [-0.05, 0) is 17.4 Å². The van der Waals surface area contributed by atoms with E-state index in [4.69, 9.17) is 0 Å². The summed E-state index contributed by atoms with van der Waals surface area (Å²) in [4.78, 5) is 27.5. The molecule has 1 aliphatic heterocycles.